The summed E-state index contributed by atoms with van der Waals surface area (Å²) < 4.78 is 21.2. The third-order valence-corrected chi connectivity index (χ3v) is 6.19. The zero-order chi connectivity index (χ0) is 25.4. The number of hydrogen-bond donors (Lipinski definition) is 0. The number of fused-ring (bicyclic) bond motifs is 1. The topological polar surface area (TPSA) is 121 Å². The molecule has 0 radical (unpaired) electrons. The van der Waals surface area contributed by atoms with Crippen LogP contribution in [0.3, 0.4) is 0 Å². The molecular weight excluding hydrogens is 470 g/mol. The highest BCUT2D eigenvalue weighted by atomic mass is 16.7. The molecule has 2 saturated heterocycles. The molecule has 0 atom stereocenters. The summed E-state index contributed by atoms with van der Waals surface area (Å²) in [5.74, 6) is -1.54. The van der Waals surface area contributed by atoms with Crippen LogP contribution in [-0.2, 0) is 25.6 Å². The van der Waals surface area contributed by atoms with Gasteiger partial charge in [0.25, 0.3) is 11.5 Å². The molecule has 0 spiro atoms. The van der Waals surface area contributed by atoms with Crippen molar-refractivity contribution >= 4 is 29.4 Å². The number of carbonyl (C=O) groups excluding carboxylic acids is 2. The molecule has 11 nitrogen and oxygen atoms in total. The largest absolute Gasteiger partial charge is 0.454 e. The first kappa shape index (κ1) is 23.6. The van der Waals surface area contributed by atoms with Crippen LogP contribution in [0.15, 0.2) is 42.0 Å². The molecule has 3 aliphatic heterocycles. The number of nitro benzene ring substituents is 1. The fourth-order valence-corrected chi connectivity index (χ4v) is 4.44. The zero-order valence-electron chi connectivity index (χ0n) is 19.9. The van der Waals surface area contributed by atoms with Gasteiger partial charge < -0.3 is 23.8 Å². The Labute approximate surface area is 206 Å². The predicted octanol–water partition coefficient (Wildman–Crippen LogP) is 2.87. The van der Waals surface area contributed by atoms with Crippen molar-refractivity contribution in [2.24, 2.45) is 0 Å². The van der Waals surface area contributed by atoms with Gasteiger partial charge >= 0.3 is 11.9 Å². The van der Waals surface area contributed by atoms with Crippen molar-refractivity contribution in [1.29, 1.82) is 0 Å². The molecule has 2 aromatic carbocycles. The average molecular weight is 495 g/mol. The standard InChI is InChI=1S/C25H25N3O8/c1-25(2)35-23(29)19(24(30)36-25)13-17-12-18(28(31)32)4-5-20(17)27-9-7-26(8-10-27)14-16-3-6-21-22(11-16)34-15-33-21/h3-6,11-13H,7-10,14-15H2,1-2H3. The summed E-state index contributed by atoms with van der Waals surface area (Å²) in [7, 11) is 0. The second-order valence-corrected chi connectivity index (χ2v) is 9.19. The molecule has 0 bridgehead atoms. The summed E-state index contributed by atoms with van der Waals surface area (Å²) >= 11 is 0. The van der Waals surface area contributed by atoms with E-state index in [9.17, 15) is 19.7 Å². The molecular formula is C25H25N3O8. The molecule has 0 aromatic heterocycles. The van der Waals surface area contributed by atoms with Crippen LogP contribution >= 0.6 is 0 Å². The van der Waals surface area contributed by atoms with E-state index in [0.717, 1.165) is 36.7 Å². The fourth-order valence-electron chi connectivity index (χ4n) is 4.44. The number of nitro groups is 1. The molecule has 0 unspecified atom stereocenters. The molecule has 36 heavy (non-hydrogen) atoms. The summed E-state index contributed by atoms with van der Waals surface area (Å²) in [6.07, 6.45) is 1.31. The van der Waals surface area contributed by atoms with Crippen molar-refractivity contribution in [2.45, 2.75) is 26.2 Å². The van der Waals surface area contributed by atoms with E-state index >= 15 is 0 Å². The lowest BCUT2D eigenvalue weighted by atomic mass is 10.0. The molecule has 5 rings (SSSR count). The van der Waals surface area contributed by atoms with Crippen molar-refractivity contribution in [3.8, 4) is 11.5 Å². The highest BCUT2D eigenvalue weighted by Gasteiger charge is 2.39. The van der Waals surface area contributed by atoms with Gasteiger partial charge in [-0.15, -0.1) is 0 Å². The summed E-state index contributed by atoms with van der Waals surface area (Å²) in [6.45, 7) is 6.71. The first-order valence-electron chi connectivity index (χ1n) is 11.5. The lowest BCUT2D eigenvalue weighted by Crippen LogP contribution is -2.46. The number of esters is 2. The average Bonchev–Trinajstić information content (AvgIpc) is 3.29. The molecule has 0 aliphatic carbocycles. The quantitative estimate of drug-likeness (QED) is 0.201. The summed E-state index contributed by atoms with van der Waals surface area (Å²) in [5.41, 5.74) is 1.71. The number of ether oxygens (including phenoxy) is 4. The first-order chi connectivity index (χ1) is 17.2. The molecule has 0 saturated carbocycles. The monoisotopic (exact) mass is 495 g/mol. The van der Waals surface area contributed by atoms with E-state index in [-0.39, 0.29) is 18.1 Å². The van der Waals surface area contributed by atoms with Gasteiger partial charge in [0.05, 0.1) is 4.92 Å². The van der Waals surface area contributed by atoms with E-state index in [4.69, 9.17) is 18.9 Å². The van der Waals surface area contributed by atoms with Crippen LogP contribution in [0, 0.1) is 10.1 Å². The minimum absolute atomic E-state index is 0.148. The Balaban J connectivity index is 1.34. The van der Waals surface area contributed by atoms with Gasteiger partial charge in [0.15, 0.2) is 11.5 Å². The Bertz CT molecular complexity index is 1240. The summed E-state index contributed by atoms with van der Waals surface area (Å²) in [6, 6.07) is 10.3. The zero-order valence-corrected chi connectivity index (χ0v) is 19.9. The Morgan fingerprint density at radius 3 is 2.36 bits per heavy atom. The van der Waals surface area contributed by atoms with E-state index in [1.54, 1.807) is 6.07 Å². The van der Waals surface area contributed by atoms with Crippen LogP contribution in [-0.4, -0.2) is 60.5 Å². The number of anilines is 1. The van der Waals surface area contributed by atoms with Gasteiger partial charge in [-0.25, -0.2) is 9.59 Å². The van der Waals surface area contributed by atoms with Gasteiger partial charge in [-0.2, -0.15) is 0 Å². The summed E-state index contributed by atoms with van der Waals surface area (Å²) in [4.78, 5) is 40.2. The van der Waals surface area contributed by atoms with Gasteiger partial charge in [0.1, 0.15) is 5.57 Å². The minimum Gasteiger partial charge on any atom is -0.454 e. The molecule has 3 aliphatic rings. The normalized spacial score (nSPS) is 19.1. The van der Waals surface area contributed by atoms with E-state index in [1.807, 2.05) is 18.2 Å². The van der Waals surface area contributed by atoms with Crippen molar-refractivity contribution in [3.63, 3.8) is 0 Å². The number of cyclic esters (lactones) is 2. The van der Waals surface area contributed by atoms with Crippen LogP contribution in [0.5, 0.6) is 11.5 Å². The number of hydrogen-bond acceptors (Lipinski definition) is 10. The maximum Gasteiger partial charge on any atom is 0.348 e. The van der Waals surface area contributed by atoms with Gasteiger partial charge in [0.2, 0.25) is 6.79 Å². The fraction of sp³-hybridized carbons (Fsp3) is 0.360. The third kappa shape index (κ3) is 4.82. The molecule has 0 amide bonds. The van der Waals surface area contributed by atoms with Gasteiger partial charge in [0, 0.05) is 70.0 Å². The highest BCUT2D eigenvalue weighted by molar-refractivity contribution is 6.19. The molecule has 188 valence electrons. The van der Waals surface area contributed by atoms with Crippen molar-refractivity contribution in [3.05, 3.63) is 63.2 Å². The lowest BCUT2D eigenvalue weighted by molar-refractivity contribution is -0.384. The predicted molar refractivity (Wildman–Crippen MR) is 127 cm³/mol. The molecule has 0 N–H and O–H groups in total. The molecule has 2 fully saturated rings. The van der Waals surface area contributed by atoms with E-state index in [1.165, 1.54) is 32.1 Å². The van der Waals surface area contributed by atoms with Gasteiger partial charge in [-0.1, -0.05) is 6.07 Å². The Morgan fingerprint density at radius 1 is 0.972 bits per heavy atom. The second-order valence-electron chi connectivity index (χ2n) is 9.19. The van der Waals surface area contributed by atoms with Gasteiger partial charge in [-0.3, -0.25) is 15.0 Å². The highest BCUT2D eigenvalue weighted by Crippen LogP contribution is 2.34. The Kier molecular flexibility index (Phi) is 6.00. The van der Waals surface area contributed by atoms with Crippen molar-refractivity contribution in [2.75, 3.05) is 37.9 Å². The number of carbonyl (C=O) groups is 2. The molecule has 11 heteroatoms. The maximum absolute atomic E-state index is 12.5. The minimum atomic E-state index is -1.37. The van der Waals surface area contributed by atoms with Crippen LogP contribution in [0.4, 0.5) is 11.4 Å². The van der Waals surface area contributed by atoms with Gasteiger partial charge in [-0.05, 0) is 29.8 Å². The lowest BCUT2D eigenvalue weighted by Gasteiger charge is -2.37. The smallest absolute Gasteiger partial charge is 0.348 e. The Hall–Kier alpha value is -4.12. The Morgan fingerprint density at radius 2 is 1.67 bits per heavy atom. The number of piperazine rings is 1. The first-order valence-corrected chi connectivity index (χ1v) is 11.5. The number of non-ortho nitro benzene ring substituents is 1. The van der Waals surface area contributed by atoms with Crippen LogP contribution in [0.1, 0.15) is 25.0 Å². The van der Waals surface area contributed by atoms with Crippen molar-refractivity contribution in [1.82, 2.24) is 4.90 Å². The molecule has 3 heterocycles. The van der Waals surface area contributed by atoms with Crippen LogP contribution < -0.4 is 14.4 Å². The van der Waals surface area contributed by atoms with E-state index in [2.05, 4.69) is 9.80 Å². The SMILES string of the molecule is CC1(C)OC(=O)C(=Cc2cc([N+](=O)[O-])ccc2N2CCN(Cc3ccc4c(c3)OCO4)CC2)C(=O)O1. The number of nitrogens with zero attached hydrogens (tertiary/aromatic N) is 3. The van der Waals surface area contributed by atoms with E-state index in [0.29, 0.717) is 24.3 Å². The summed E-state index contributed by atoms with van der Waals surface area (Å²) in [5, 5.41) is 11.4. The third-order valence-electron chi connectivity index (χ3n) is 6.19. The van der Waals surface area contributed by atoms with Crippen LogP contribution in [0.2, 0.25) is 0 Å². The molecule has 2 aromatic rings. The van der Waals surface area contributed by atoms with E-state index < -0.39 is 22.6 Å². The number of benzene rings is 2. The number of rotatable bonds is 5. The second kappa shape index (κ2) is 9.15. The van der Waals surface area contributed by atoms with Crippen LogP contribution in [0.25, 0.3) is 6.08 Å². The maximum atomic E-state index is 12.5. The van der Waals surface area contributed by atoms with Crippen molar-refractivity contribution < 1.29 is 33.5 Å².